The molecule has 1 atom stereocenters. The van der Waals surface area contributed by atoms with E-state index in [2.05, 4.69) is 0 Å². The van der Waals surface area contributed by atoms with E-state index in [0.29, 0.717) is 22.0 Å². The minimum Gasteiger partial charge on any atom is -0.507 e. The summed E-state index contributed by atoms with van der Waals surface area (Å²) in [6, 6.07) is 14.7. The van der Waals surface area contributed by atoms with Gasteiger partial charge >= 0.3 is 0 Å². The molecule has 1 aliphatic rings. The van der Waals surface area contributed by atoms with Crippen LogP contribution in [0.25, 0.3) is 5.76 Å². The first-order valence-electron chi connectivity index (χ1n) is 9.17. The SMILES string of the molecule is COc1cccc(/C(O)=C2/C(=O)C(=O)N(c3cccc(Cl)c3)C2c2sccc2C)c1. The van der Waals surface area contributed by atoms with E-state index in [-0.39, 0.29) is 11.3 Å². The molecule has 0 saturated carbocycles. The van der Waals surface area contributed by atoms with E-state index >= 15 is 0 Å². The van der Waals surface area contributed by atoms with Crippen molar-refractivity contribution in [2.24, 2.45) is 0 Å². The third-order valence-corrected chi connectivity index (χ3v) is 6.33. The first-order valence-corrected chi connectivity index (χ1v) is 10.4. The fourth-order valence-corrected chi connectivity index (χ4v) is 4.77. The quantitative estimate of drug-likeness (QED) is 0.338. The van der Waals surface area contributed by atoms with E-state index < -0.39 is 17.7 Å². The number of Topliss-reactive ketones (excluding diaryl/α,β-unsaturated/α-hetero) is 1. The summed E-state index contributed by atoms with van der Waals surface area (Å²) in [4.78, 5) is 28.4. The number of ether oxygens (including phenoxy) is 1. The number of aryl methyl sites for hydroxylation is 1. The van der Waals surface area contributed by atoms with Crippen LogP contribution >= 0.6 is 22.9 Å². The fourth-order valence-electron chi connectivity index (χ4n) is 3.56. The van der Waals surface area contributed by atoms with Gasteiger partial charge in [0.15, 0.2) is 0 Å². The van der Waals surface area contributed by atoms with Crippen LogP contribution in [0.15, 0.2) is 65.6 Å². The Morgan fingerprint density at radius 1 is 1.13 bits per heavy atom. The van der Waals surface area contributed by atoms with Crippen molar-refractivity contribution in [3.63, 3.8) is 0 Å². The van der Waals surface area contributed by atoms with Gasteiger partial charge in [0.25, 0.3) is 11.7 Å². The lowest BCUT2D eigenvalue weighted by Crippen LogP contribution is -2.29. The van der Waals surface area contributed by atoms with Crippen LogP contribution in [0.3, 0.4) is 0 Å². The number of aliphatic hydroxyl groups is 1. The Kier molecular flexibility index (Phi) is 5.37. The number of aliphatic hydroxyl groups excluding tert-OH is 1. The zero-order valence-corrected chi connectivity index (χ0v) is 17.8. The summed E-state index contributed by atoms with van der Waals surface area (Å²) in [5, 5.41) is 13.5. The Labute approximate surface area is 182 Å². The molecule has 0 bridgehead atoms. The van der Waals surface area contributed by atoms with Gasteiger partial charge in [-0.15, -0.1) is 11.3 Å². The van der Waals surface area contributed by atoms with Crippen molar-refractivity contribution < 1.29 is 19.4 Å². The molecule has 1 unspecified atom stereocenters. The lowest BCUT2D eigenvalue weighted by molar-refractivity contribution is -0.132. The lowest BCUT2D eigenvalue weighted by Gasteiger charge is -2.25. The zero-order chi connectivity index (χ0) is 21.4. The Balaban J connectivity index is 1.96. The van der Waals surface area contributed by atoms with Gasteiger partial charge < -0.3 is 9.84 Å². The normalized spacial score (nSPS) is 18.1. The Bertz CT molecular complexity index is 1180. The van der Waals surface area contributed by atoms with E-state index in [0.717, 1.165) is 10.4 Å². The maximum absolute atomic E-state index is 13.1. The number of nitrogens with zero attached hydrogens (tertiary/aromatic N) is 1. The lowest BCUT2D eigenvalue weighted by atomic mass is 9.98. The molecule has 4 rings (SSSR count). The molecule has 7 heteroatoms. The molecule has 3 aromatic rings. The van der Waals surface area contributed by atoms with Gasteiger partial charge in [-0.1, -0.05) is 29.8 Å². The van der Waals surface area contributed by atoms with Gasteiger partial charge in [-0.3, -0.25) is 14.5 Å². The summed E-state index contributed by atoms with van der Waals surface area (Å²) < 4.78 is 5.23. The Hall–Kier alpha value is -3.09. The topological polar surface area (TPSA) is 66.8 Å². The standard InChI is InChI=1S/C23H18ClNO4S/c1-13-9-10-30-22(13)19-18(20(26)14-5-3-8-17(11-14)29-2)21(27)23(28)25(19)16-7-4-6-15(24)12-16/h3-12,19,26H,1-2H3/b20-18-. The first-order chi connectivity index (χ1) is 14.4. The highest BCUT2D eigenvalue weighted by atomic mass is 35.5. The van der Waals surface area contributed by atoms with Crippen molar-refractivity contribution in [2.75, 3.05) is 12.0 Å². The number of carbonyl (C=O) groups is 2. The number of ketones is 1. The maximum atomic E-state index is 13.1. The van der Waals surface area contributed by atoms with Crippen LogP contribution in [0.4, 0.5) is 5.69 Å². The number of thiophene rings is 1. The van der Waals surface area contributed by atoms with Gasteiger partial charge in [0, 0.05) is 21.2 Å². The van der Waals surface area contributed by atoms with Gasteiger partial charge in [-0.25, -0.2) is 0 Å². The van der Waals surface area contributed by atoms with Crippen LogP contribution in [0.2, 0.25) is 5.02 Å². The molecule has 1 N–H and O–H groups in total. The number of amides is 1. The van der Waals surface area contributed by atoms with Gasteiger partial charge in [-0.05, 0) is 54.3 Å². The predicted octanol–water partition coefficient (Wildman–Crippen LogP) is 5.34. The van der Waals surface area contributed by atoms with Crippen molar-refractivity contribution in [2.45, 2.75) is 13.0 Å². The highest BCUT2D eigenvalue weighted by Crippen LogP contribution is 2.45. The van der Waals surface area contributed by atoms with Gasteiger partial charge in [0.2, 0.25) is 0 Å². The monoisotopic (exact) mass is 439 g/mol. The first kappa shape index (κ1) is 20.2. The average molecular weight is 440 g/mol. The zero-order valence-electron chi connectivity index (χ0n) is 16.3. The minimum absolute atomic E-state index is 0.0405. The molecular weight excluding hydrogens is 422 g/mol. The number of hydrogen-bond acceptors (Lipinski definition) is 5. The highest BCUT2D eigenvalue weighted by molar-refractivity contribution is 7.10. The second-order valence-electron chi connectivity index (χ2n) is 6.85. The van der Waals surface area contributed by atoms with Crippen LogP contribution in [0.5, 0.6) is 5.75 Å². The largest absolute Gasteiger partial charge is 0.507 e. The third-order valence-electron chi connectivity index (χ3n) is 5.02. The summed E-state index contributed by atoms with van der Waals surface area (Å²) in [5.74, 6) is -1.16. The minimum atomic E-state index is -0.755. The number of halogens is 1. The number of carbonyl (C=O) groups excluding carboxylic acids is 2. The molecule has 30 heavy (non-hydrogen) atoms. The summed E-state index contributed by atoms with van der Waals surface area (Å²) in [5.41, 5.74) is 1.86. The molecule has 5 nitrogen and oxygen atoms in total. The molecule has 1 fully saturated rings. The molecule has 0 aliphatic carbocycles. The third kappa shape index (κ3) is 3.38. The Morgan fingerprint density at radius 3 is 2.57 bits per heavy atom. The molecule has 0 spiro atoms. The maximum Gasteiger partial charge on any atom is 0.300 e. The van der Waals surface area contributed by atoms with Gasteiger partial charge in [0.1, 0.15) is 17.6 Å². The second kappa shape index (κ2) is 7.97. The smallest absolute Gasteiger partial charge is 0.300 e. The molecular formula is C23H18ClNO4S. The molecule has 0 radical (unpaired) electrons. The van der Waals surface area contributed by atoms with Crippen molar-refractivity contribution >= 4 is 46.1 Å². The summed E-state index contributed by atoms with van der Waals surface area (Å²) in [6.07, 6.45) is 0. The van der Waals surface area contributed by atoms with Crippen molar-refractivity contribution in [3.8, 4) is 5.75 Å². The van der Waals surface area contributed by atoms with Crippen molar-refractivity contribution in [1.82, 2.24) is 0 Å². The van der Waals surface area contributed by atoms with Gasteiger partial charge in [-0.2, -0.15) is 0 Å². The molecule has 152 valence electrons. The van der Waals surface area contributed by atoms with E-state index in [1.807, 2.05) is 18.4 Å². The predicted molar refractivity (Wildman–Crippen MR) is 118 cm³/mol. The fraction of sp³-hybridized carbons (Fsp3) is 0.130. The van der Waals surface area contributed by atoms with Gasteiger partial charge in [0.05, 0.1) is 12.7 Å². The van der Waals surface area contributed by atoms with Crippen molar-refractivity contribution in [1.29, 1.82) is 0 Å². The molecule has 1 saturated heterocycles. The number of rotatable bonds is 4. The second-order valence-corrected chi connectivity index (χ2v) is 8.23. The number of methoxy groups -OCH3 is 1. The summed E-state index contributed by atoms with van der Waals surface area (Å²) >= 11 is 7.57. The highest BCUT2D eigenvalue weighted by Gasteiger charge is 2.48. The average Bonchev–Trinajstić information content (AvgIpc) is 3.28. The number of hydrogen-bond donors (Lipinski definition) is 1. The number of benzene rings is 2. The van der Waals surface area contributed by atoms with Crippen LogP contribution in [-0.2, 0) is 9.59 Å². The molecule has 2 heterocycles. The van der Waals surface area contributed by atoms with E-state index in [1.165, 1.54) is 23.3 Å². The molecule has 1 aromatic heterocycles. The van der Waals surface area contributed by atoms with Crippen molar-refractivity contribution in [3.05, 3.63) is 86.6 Å². The molecule has 1 amide bonds. The summed E-state index contributed by atoms with van der Waals surface area (Å²) in [6.45, 7) is 1.91. The summed E-state index contributed by atoms with van der Waals surface area (Å²) in [7, 11) is 1.52. The van der Waals surface area contributed by atoms with Crippen LogP contribution in [0.1, 0.15) is 22.0 Å². The molecule has 2 aromatic carbocycles. The molecule has 1 aliphatic heterocycles. The Morgan fingerprint density at radius 2 is 1.90 bits per heavy atom. The van der Waals surface area contributed by atoms with E-state index in [4.69, 9.17) is 16.3 Å². The number of anilines is 1. The van der Waals surface area contributed by atoms with E-state index in [9.17, 15) is 14.7 Å². The van der Waals surface area contributed by atoms with Crippen LogP contribution in [-0.4, -0.2) is 23.9 Å². The van der Waals surface area contributed by atoms with E-state index in [1.54, 1.807) is 48.5 Å². The van der Waals surface area contributed by atoms with Crippen LogP contribution < -0.4 is 9.64 Å². The van der Waals surface area contributed by atoms with Crippen LogP contribution in [0, 0.1) is 6.92 Å².